The number of carbonyl (C=O) groups is 1. The number of carbonyl (C=O) groups excluding carboxylic acids is 1. The van der Waals surface area contributed by atoms with E-state index in [9.17, 15) is 4.79 Å². The summed E-state index contributed by atoms with van der Waals surface area (Å²) in [5, 5.41) is 0.743. The van der Waals surface area contributed by atoms with Crippen molar-refractivity contribution in [3.8, 4) is 0 Å². The van der Waals surface area contributed by atoms with Crippen LogP contribution in [0.5, 0.6) is 0 Å². The molecule has 21 heavy (non-hydrogen) atoms. The van der Waals surface area contributed by atoms with Crippen LogP contribution >= 0.6 is 11.6 Å². The first-order valence-electron chi connectivity index (χ1n) is 7.89. The summed E-state index contributed by atoms with van der Waals surface area (Å²) >= 11 is 6.09. The minimum absolute atomic E-state index is 0.136. The number of likely N-dealkylation sites (tertiary alicyclic amines) is 2. The molecule has 3 rings (SSSR count). The summed E-state index contributed by atoms with van der Waals surface area (Å²) in [6, 6.07) is 8.08. The van der Waals surface area contributed by atoms with Gasteiger partial charge in [0.05, 0.1) is 12.0 Å². The summed E-state index contributed by atoms with van der Waals surface area (Å²) in [7, 11) is 1.92. The number of benzene rings is 1. The summed E-state index contributed by atoms with van der Waals surface area (Å²) in [4.78, 5) is 16.9. The third-order valence-corrected chi connectivity index (χ3v) is 5.07. The van der Waals surface area contributed by atoms with Gasteiger partial charge < -0.3 is 9.80 Å². The van der Waals surface area contributed by atoms with Gasteiger partial charge in [0.1, 0.15) is 0 Å². The molecule has 2 aliphatic heterocycles. The summed E-state index contributed by atoms with van der Waals surface area (Å²) in [5.74, 6) is 0.419. The van der Waals surface area contributed by atoms with Gasteiger partial charge in [0.15, 0.2) is 0 Å². The molecule has 2 atom stereocenters. The average Bonchev–Trinajstić information content (AvgIpc) is 2.77. The molecule has 0 radical (unpaired) electrons. The molecule has 2 unspecified atom stereocenters. The summed E-state index contributed by atoms with van der Waals surface area (Å²) < 4.78 is 0. The van der Waals surface area contributed by atoms with Crippen molar-refractivity contribution < 1.29 is 4.79 Å². The average molecular weight is 307 g/mol. The fourth-order valence-electron chi connectivity index (χ4n) is 3.65. The van der Waals surface area contributed by atoms with Crippen molar-refractivity contribution in [3.63, 3.8) is 0 Å². The Balaban J connectivity index is 1.69. The lowest BCUT2D eigenvalue weighted by molar-refractivity contribution is -0.131. The summed E-state index contributed by atoms with van der Waals surface area (Å²) in [5.41, 5.74) is 1.15. The zero-order valence-electron chi connectivity index (χ0n) is 12.6. The highest BCUT2D eigenvalue weighted by molar-refractivity contribution is 6.30. The van der Waals surface area contributed by atoms with Gasteiger partial charge in [-0.1, -0.05) is 30.2 Å². The molecule has 0 aromatic heterocycles. The Hall–Kier alpha value is -1.06. The van der Waals surface area contributed by atoms with Crippen LogP contribution in [0.1, 0.15) is 37.3 Å². The molecule has 2 heterocycles. The number of piperidine rings is 1. The van der Waals surface area contributed by atoms with Gasteiger partial charge in [-0.2, -0.15) is 0 Å². The molecular formula is C17H23ClN2O. The van der Waals surface area contributed by atoms with Gasteiger partial charge in [-0.3, -0.25) is 4.79 Å². The molecule has 1 aromatic carbocycles. The Morgan fingerprint density at radius 3 is 2.71 bits per heavy atom. The van der Waals surface area contributed by atoms with Gasteiger partial charge in [-0.25, -0.2) is 0 Å². The van der Waals surface area contributed by atoms with Crippen molar-refractivity contribution in [2.45, 2.75) is 31.7 Å². The Morgan fingerprint density at radius 1 is 1.24 bits per heavy atom. The fourth-order valence-corrected chi connectivity index (χ4v) is 3.85. The van der Waals surface area contributed by atoms with E-state index in [1.165, 1.54) is 19.3 Å². The molecule has 2 fully saturated rings. The van der Waals surface area contributed by atoms with Gasteiger partial charge in [-0.15, -0.1) is 0 Å². The predicted molar refractivity (Wildman–Crippen MR) is 85.4 cm³/mol. The number of hydrogen-bond acceptors (Lipinski definition) is 2. The first kappa shape index (κ1) is 14.9. The van der Waals surface area contributed by atoms with Gasteiger partial charge in [-0.05, 0) is 50.0 Å². The number of amides is 1. The minimum atomic E-state index is 0.136. The van der Waals surface area contributed by atoms with Crippen LogP contribution in [0.3, 0.4) is 0 Å². The Kier molecular flexibility index (Phi) is 4.51. The number of hydrogen-bond donors (Lipinski definition) is 0. The van der Waals surface area contributed by atoms with E-state index in [0.717, 1.165) is 36.6 Å². The second-order valence-electron chi connectivity index (χ2n) is 6.31. The van der Waals surface area contributed by atoms with Crippen LogP contribution < -0.4 is 0 Å². The molecule has 0 saturated carbocycles. The number of nitrogens with zero attached hydrogens (tertiary/aromatic N) is 2. The van der Waals surface area contributed by atoms with Gasteiger partial charge >= 0.3 is 0 Å². The fraction of sp³-hybridized carbons (Fsp3) is 0.588. The molecule has 2 saturated heterocycles. The molecule has 4 heteroatoms. The monoisotopic (exact) mass is 306 g/mol. The van der Waals surface area contributed by atoms with Crippen molar-refractivity contribution >= 4 is 17.5 Å². The van der Waals surface area contributed by atoms with E-state index in [-0.39, 0.29) is 17.9 Å². The van der Waals surface area contributed by atoms with E-state index in [1.54, 1.807) is 0 Å². The van der Waals surface area contributed by atoms with E-state index in [4.69, 9.17) is 11.6 Å². The maximum Gasteiger partial charge on any atom is 0.227 e. The molecule has 1 aromatic rings. The topological polar surface area (TPSA) is 23.6 Å². The first-order valence-corrected chi connectivity index (χ1v) is 8.27. The SMILES string of the molecule is CN1C(=O)C(CN2CCCCC2)CC1c1cccc(Cl)c1. The normalized spacial score (nSPS) is 27.3. The second kappa shape index (κ2) is 6.37. The second-order valence-corrected chi connectivity index (χ2v) is 6.75. The van der Waals surface area contributed by atoms with Crippen LogP contribution in [-0.4, -0.2) is 42.4 Å². The largest absolute Gasteiger partial charge is 0.338 e. The molecular weight excluding hydrogens is 284 g/mol. The predicted octanol–water partition coefficient (Wildman–Crippen LogP) is 3.35. The van der Waals surface area contributed by atoms with Crippen molar-refractivity contribution in [1.29, 1.82) is 0 Å². The molecule has 2 aliphatic rings. The number of rotatable bonds is 3. The smallest absolute Gasteiger partial charge is 0.227 e. The maximum absolute atomic E-state index is 12.5. The highest BCUT2D eigenvalue weighted by Gasteiger charge is 2.38. The lowest BCUT2D eigenvalue weighted by Crippen LogP contribution is -2.36. The van der Waals surface area contributed by atoms with Crippen LogP contribution in [0.15, 0.2) is 24.3 Å². The molecule has 0 aliphatic carbocycles. The molecule has 114 valence electrons. The Morgan fingerprint density at radius 2 is 2.00 bits per heavy atom. The van der Waals surface area contributed by atoms with Crippen molar-refractivity contribution in [2.24, 2.45) is 5.92 Å². The molecule has 0 bridgehead atoms. The van der Waals surface area contributed by atoms with E-state index in [0.29, 0.717) is 0 Å². The van der Waals surface area contributed by atoms with Crippen LogP contribution in [0.4, 0.5) is 0 Å². The molecule has 3 nitrogen and oxygen atoms in total. The number of halogens is 1. The molecule has 0 spiro atoms. The van der Waals surface area contributed by atoms with E-state index >= 15 is 0 Å². The molecule has 1 amide bonds. The van der Waals surface area contributed by atoms with E-state index < -0.39 is 0 Å². The zero-order chi connectivity index (χ0) is 14.8. The first-order chi connectivity index (χ1) is 10.1. The standard InChI is InChI=1S/C17H23ClN2O/c1-19-16(13-6-5-7-15(18)10-13)11-14(17(19)21)12-20-8-3-2-4-9-20/h5-7,10,14,16H,2-4,8-9,11-12H2,1H3. The van der Waals surface area contributed by atoms with E-state index in [1.807, 2.05) is 30.1 Å². The Labute approximate surface area is 131 Å². The summed E-state index contributed by atoms with van der Waals surface area (Å²) in [6.45, 7) is 3.21. The quantitative estimate of drug-likeness (QED) is 0.855. The van der Waals surface area contributed by atoms with Crippen LogP contribution in [0.25, 0.3) is 0 Å². The lowest BCUT2D eigenvalue weighted by atomic mass is 9.98. The third kappa shape index (κ3) is 3.24. The van der Waals surface area contributed by atoms with Crippen molar-refractivity contribution in [1.82, 2.24) is 9.80 Å². The van der Waals surface area contributed by atoms with Crippen LogP contribution in [-0.2, 0) is 4.79 Å². The lowest BCUT2D eigenvalue weighted by Gasteiger charge is -2.28. The Bertz CT molecular complexity index is 513. The van der Waals surface area contributed by atoms with Crippen molar-refractivity contribution in [3.05, 3.63) is 34.9 Å². The highest BCUT2D eigenvalue weighted by atomic mass is 35.5. The van der Waals surface area contributed by atoms with Crippen molar-refractivity contribution in [2.75, 3.05) is 26.7 Å². The zero-order valence-corrected chi connectivity index (χ0v) is 13.4. The van der Waals surface area contributed by atoms with Crippen LogP contribution in [0, 0.1) is 5.92 Å². The maximum atomic E-state index is 12.5. The van der Waals surface area contributed by atoms with E-state index in [2.05, 4.69) is 11.0 Å². The van der Waals surface area contributed by atoms with Gasteiger partial charge in [0.2, 0.25) is 5.91 Å². The third-order valence-electron chi connectivity index (χ3n) is 4.83. The van der Waals surface area contributed by atoms with Crippen LogP contribution in [0.2, 0.25) is 5.02 Å². The minimum Gasteiger partial charge on any atom is -0.338 e. The summed E-state index contributed by atoms with van der Waals surface area (Å²) in [6.07, 6.45) is 4.79. The highest BCUT2D eigenvalue weighted by Crippen LogP contribution is 2.36. The van der Waals surface area contributed by atoms with Gasteiger partial charge in [0, 0.05) is 18.6 Å². The molecule has 0 N–H and O–H groups in total. The van der Waals surface area contributed by atoms with Gasteiger partial charge in [0.25, 0.3) is 0 Å².